The number of hydrogen-bond acceptors (Lipinski definition) is 3. The van der Waals surface area contributed by atoms with Gasteiger partial charge in [-0.3, -0.25) is 0 Å². The number of hydrogen-bond donors (Lipinski definition) is 1. The molecule has 4 heteroatoms. The first-order chi connectivity index (χ1) is 9.74. The molecule has 1 aromatic carbocycles. The van der Waals surface area contributed by atoms with Gasteiger partial charge >= 0.3 is 0 Å². The van der Waals surface area contributed by atoms with Crippen LogP contribution < -0.4 is 10.2 Å². The summed E-state index contributed by atoms with van der Waals surface area (Å²) in [5.74, 6) is -0.151. The van der Waals surface area contributed by atoms with Crippen LogP contribution in [0.4, 0.5) is 10.1 Å². The van der Waals surface area contributed by atoms with E-state index in [1.54, 1.807) is 12.1 Å². The molecule has 0 spiro atoms. The Balaban J connectivity index is 1.75. The van der Waals surface area contributed by atoms with Crippen molar-refractivity contribution in [1.29, 1.82) is 0 Å². The van der Waals surface area contributed by atoms with Gasteiger partial charge in [0.2, 0.25) is 0 Å². The average molecular weight is 278 g/mol. The molecule has 0 radical (unpaired) electrons. The maximum absolute atomic E-state index is 13.5. The maximum Gasteiger partial charge on any atom is 0.123 e. The monoisotopic (exact) mass is 278 g/mol. The highest BCUT2D eigenvalue weighted by molar-refractivity contribution is 5.54. The molecule has 20 heavy (non-hydrogen) atoms. The Hall–Kier alpha value is -1.13. The predicted molar refractivity (Wildman–Crippen MR) is 78.5 cm³/mol. The van der Waals surface area contributed by atoms with Crippen LogP contribution in [0.3, 0.4) is 0 Å². The summed E-state index contributed by atoms with van der Waals surface area (Å²) in [7, 11) is 2.11. The molecule has 0 atom stereocenters. The number of nitrogens with one attached hydrogen (secondary N) is 1. The number of halogens is 1. The summed E-state index contributed by atoms with van der Waals surface area (Å²) in [5, 5.41) is 3.48. The van der Waals surface area contributed by atoms with Gasteiger partial charge in [0.05, 0.1) is 0 Å². The third-order valence-corrected chi connectivity index (χ3v) is 4.32. The molecule has 2 fully saturated rings. The van der Waals surface area contributed by atoms with E-state index in [9.17, 15) is 4.39 Å². The molecule has 3 rings (SSSR count). The summed E-state index contributed by atoms with van der Waals surface area (Å²) in [6.45, 7) is 2.41. The summed E-state index contributed by atoms with van der Waals surface area (Å²) in [6.07, 6.45) is 4.59. The van der Waals surface area contributed by atoms with Crippen molar-refractivity contribution in [2.75, 3.05) is 25.2 Å². The Morgan fingerprint density at radius 3 is 2.70 bits per heavy atom. The van der Waals surface area contributed by atoms with Crippen LogP contribution in [0.1, 0.15) is 31.2 Å². The van der Waals surface area contributed by atoms with Crippen molar-refractivity contribution in [2.45, 2.75) is 44.3 Å². The molecule has 2 aliphatic rings. The van der Waals surface area contributed by atoms with Crippen molar-refractivity contribution in [1.82, 2.24) is 5.32 Å². The number of anilines is 1. The second kappa shape index (κ2) is 6.10. The molecule has 1 N–H and O–H groups in total. The van der Waals surface area contributed by atoms with Gasteiger partial charge in [-0.1, -0.05) is 0 Å². The van der Waals surface area contributed by atoms with Gasteiger partial charge in [-0.15, -0.1) is 0 Å². The van der Waals surface area contributed by atoms with Gasteiger partial charge in [0.25, 0.3) is 0 Å². The topological polar surface area (TPSA) is 24.5 Å². The molecule has 1 aliphatic carbocycles. The molecule has 0 amide bonds. The zero-order chi connectivity index (χ0) is 13.9. The lowest BCUT2D eigenvalue weighted by Crippen LogP contribution is -2.37. The van der Waals surface area contributed by atoms with E-state index in [0.29, 0.717) is 12.1 Å². The van der Waals surface area contributed by atoms with Gasteiger partial charge in [-0.2, -0.15) is 0 Å². The Morgan fingerprint density at radius 2 is 2.00 bits per heavy atom. The standard InChI is InChI=1S/C16H23FN2O/c1-19(15-6-8-20-9-7-15)16-5-2-13(17)10-12(16)11-18-14-3-4-14/h2,5,10,14-15,18H,3-4,6-9,11H2,1H3. The molecular weight excluding hydrogens is 255 g/mol. The molecule has 1 saturated heterocycles. The van der Waals surface area contributed by atoms with Gasteiger partial charge in [0.15, 0.2) is 0 Å². The summed E-state index contributed by atoms with van der Waals surface area (Å²) in [6, 6.07) is 6.27. The molecule has 0 unspecified atom stereocenters. The zero-order valence-corrected chi connectivity index (χ0v) is 12.1. The van der Waals surface area contributed by atoms with E-state index in [-0.39, 0.29) is 5.82 Å². The minimum atomic E-state index is -0.151. The van der Waals surface area contributed by atoms with Crippen LogP contribution in [0.25, 0.3) is 0 Å². The van der Waals surface area contributed by atoms with E-state index in [2.05, 4.69) is 17.3 Å². The van der Waals surface area contributed by atoms with Gasteiger partial charge < -0.3 is 15.0 Å². The third kappa shape index (κ3) is 3.30. The van der Waals surface area contributed by atoms with Crippen molar-refractivity contribution in [3.8, 4) is 0 Å². The second-order valence-electron chi connectivity index (χ2n) is 5.88. The smallest absolute Gasteiger partial charge is 0.123 e. The van der Waals surface area contributed by atoms with Crippen molar-refractivity contribution in [3.05, 3.63) is 29.6 Å². The lowest BCUT2D eigenvalue weighted by molar-refractivity contribution is 0.0854. The Morgan fingerprint density at radius 1 is 1.25 bits per heavy atom. The van der Waals surface area contributed by atoms with Crippen molar-refractivity contribution in [2.24, 2.45) is 0 Å². The summed E-state index contributed by atoms with van der Waals surface area (Å²) in [5.41, 5.74) is 2.21. The normalized spacial score (nSPS) is 20.1. The number of ether oxygens (including phenoxy) is 1. The van der Waals surface area contributed by atoms with Crippen LogP contribution in [-0.2, 0) is 11.3 Å². The minimum absolute atomic E-state index is 0.151. The van der Waals surface area contributed by atoms with E-state index in [1.165, 1.54) is 12.8 Å². The molecular formula is C16H23FN2O. The highest BCUT2D eigenvalue weighted by Crippen LogP contribution is 2.27. The first kappa shape index (κ1) is 13.8. The van der Waals surface area contributed by atoms with E-state index < -0.39 is 0 Å². The molecule has 1 saturated carbocycles. The molecule has 110 valence electrons. The fraction of sp³-hybridized carbons (Fsp3) is 0.625. The largest absolute Gasteiger partial charge is 0.381 e. The van der Waals surface area contributed by atoms with Gasteiger partial charge in [0.1, 0.15) is 5.82 Å². The van der Waals surface area contributed by atoms with Crippen LogP contribution in [0, 0.1) is 5.82 Å². The van der Waals surface area contributed by atoms with E-state index in [0.717, 1.165) is 43.9 Å². The molecule has 3 nitrogen and oxygen atoms in total. The van der Waals surface area contributed by atoms with Crippen LogP contribution in [0.2, 0.25) is 0 Å². The van der Waals surface area contributed by atoms with E-state index >= 15 is 0 Å². The quantitative estimate of drug-likeness (QED) is 0.896. The van der Waals surface area contributed by atoms with Gasteiger partial charge in [-0.05, 0) is 49.4 Å². The maximum atomic E-state index is 13.5. The van der Waals surface area contributed by atoms with E-state index in [4.69, 9.17) is 4.74 Å². The fourth-order valence-electron chi connectivity index (χ4n) is 2.85. The Bertz CT molecular complexity index is 456. The third-order valence-electron chi connectivity index (χ3n) is 4.32. The second-order valence-corrected chi connectivity index (χ2v) is 5.88. The SMILES string of the molecule is CN(c1ccc(F)cc1CNC1CC1)C1CCOCC1. The fourth-order valence-corrected chi connectivity index (χ4v) is 2.85. The van der Waals surface area contributed by atoms with Crippen LogP contribution in [-0.4, -0.2) is 32.3 Å². The summed E-state index contributed by atoms with van der Waals surface area (Å²) in [4.78, 5) is 2.30. The lowest BCUT2D eigenvalue weighted by atomic mass is 10.0. The van der Waals surface area contributed by atoms with Gasteiger partial charge in [-0.25, -0.2) is 4.39 Å². The Kier molecular flexibility index (Phi) is 4.22. The molecule has 1 aliphatic heterocycles. The number of rotatable bonds is 5. The van der Waals surface area contributed by atoms with Crippen LogP contribution in [0.5, 0.6) is 0 Å². The molecule has 1 heterocycles. The lowest BCUT2D eigenvalue weighted by Gasteiger charge is -2.34. The van der Waals surface area contributed by atoms with Crippen molar-refractivity contribution >= 4 is 5.69 Å². The molecule has 0 bridgehead atoms. The highest BCUT2D eigenvalue weighted by Gasteiger charge is 2.23. The van der Waals surface area contributed by atoms with Crippen LogP contribution in [0.15, 0.2) is 18.2 Å². The summed E-state index contributed by atoms with van der Waals surface area (Å²) < 4.78 is 18.9. The Labute approximate surface area is 120 Å². The average Bonchev–Trinajstić information content (AvgIpc) is 3.30. The molecule has 1 aromatic rings. The van der Waals surface area contributed by atoms with Crippen molar-refractivity contribution in [3.63, 3.8) is 0 Å². The summed E-state index contributed by atoms with van der Waals surface area (Å²) >= 11 is 0. The highest BCUT2D eigenvalue weighted by atomic mass is 19.1. The van der Waals surface area contributed by atoms with E-state index in [1.807, 2.05) is 6.07 Å². The number of nitrogens with zero attached hydrogens (tertiary/aromatic N) is 1. The van der Waals surface area contributed by atoms with Crippen molar-refractivity contribution < 1.29 is 9.13 Å². The van der Waals surface area contributed by atoms with Gasteiger partial charge in [0, 0.05) is 44.6 Å². The first-order valence-electron chi connectivity index (χ1n) is 7.56. The first-order valence-corrected chi connectivity index (χ1v) is 7.56. The number of benzene rings is 1. The minimum Gasteiger partial charge on any atom is -0.381 e. The zero-order valence-electron chi connectivity index (χ0n) is 12.1. The molecule has 0 aromatic heterocycles. The predicted octanol–water partition coefficient (Wildman–Crippen LogP) is 2.69. The van der Waals surface area contributed by atoms with Crippen LogP contribution >= 0.6 is 0 Å².